The van der Waals surface area contributed by atoms with Gasteiger partial charge in [0, 0.05) is 36.4 Å². The summed E-state index contributed by atoms with van der Waals surface area (Å²) in [5, 5.41) is 6.28. The molecular formula is C26H29F2N5O2S. The van der Waals surface area contributed by atoms with Crippen molar-refractivity contribution in [2.24, 2.45) is 0 Å². The third kappa shape index (κ3) is 5.71. The maximum absolute atomic E-state index is 14.0. The number of piperidine rings is 1. The molecule has 0 radical (unpaired) electrons. The van der Waals surface area contributed by atoms with Crippen LogP contribution in [0.15, 0.2) is 42.5 Å². The van der Waals surface area contributed by atoms with E-state index >= 15 is 0 Å². The Balaban J connectivity index is 1.35. The lowest BCUT2D eigenvalue weighted by Crippen LogP contribution is -2.47. The third-order valence-corrected chi connectivity index (χ3v) is 7.46. The molecule has 0 bridgehead atoms. The Bertz CT molecular complexity index is 1220. The van der Waals surface area contributed by atoms with Crippen LogP contribution in [0.2, 0.25) is 0 Å². The van der Waals surface area contributed by atoms with E-state index in [2.05, 4.69) is 34.4 Å². The molecule has 1 aromatic heterocycles. The van der Waals surface area contributed by atoms with E-state index in [0.29, 0.717) is 29.9 Å². The van der Waals surface area contributed by atoms with Gasteiger partial charge in [-0.25, -0.2) is 13.8 Å². The predicted octanol–water partition coefficient (Wildman–Crippen LogP) is 4.97. The number of thiazole rings is 1. The lowest BCUT2D eigenvalue weighted by atomic mass is 9.98. The molecule has 36 heavy (non-hydrogen) atoms. The van der Waals surface area contributed by atoms with Crippen LogP contribution in [0.25, 0.3) is 0 Å². The number of carbonyl (C=O) groups is 2. The molecule has 190 valence electrons. The maximum Gasteiger partial charge on any atom is 0.251 e. The minimum atomic E-state index is -0.962. The molecule has 4 N–H and O–H groups in total. The number of nitrogens with two attached hydrogens (primary N) is 1. The van der Waals surface area contributed by atoms with Gasteiger partial charge in [-0.15, -0.1) is 0 Å². The normalized spacial score (nSPS) is 18.1. The predicted molar refractivity (Wildman–Crippen MR) is 138 cm³/mol. The molecule has 7 nitrogen and oxygen atoms in total. The number of ketones is 1. The highest BCUT2D eigenvalue weighted by Gasteiger charge is 2.25. The van der Waals surface area contributed by atoms with E-state index in [1.54, 1.807) is 24.3 Å². The summed E-state index contributed by atoms with van der Waals surface area (Å²) in [7, 11) is 0. The fourth-order valence-corrected chi connectivity index (χ4v) is 5.37. The average Bonchev–Trinajstić information content (AvgIpc) is 3.21. The Labute approximate surface area is 212 Å². The van der Waals surface area contributed by atoms with Gasteiger partial charge in [0.25, 0.3) is 5.91 Å². The van der Waals surface area contributed by atoms with E-state index in [1.165, 1.54) is 25.3 Å². The van der Waals surface area contributed by atoms with Crippen LogP contribution in [0.4, 0.5) is 25.4 Å². The van der Waals surface area contributed by atoms with Crippen molar-refractivity contribution in [2.75, 3.05) is 24.1 Å². The van der Waals surface area contributed by atoms with Gasteiger partial charge in [-0.3, -0.25) is 14.5 Å². The number of anilines is 3. The van der Waals surface area contributed by atoms with Gasteiger partial charge in [-0.05, 0) is 63.1 Å². The summed E-state index contributed by atoms with van der Waals surface area (Å²) in [6, 6.07) is 11.0. The minimum Gasteiger partial charge on any atom is -0.382 e. The van der Waals surface area contributed by atoms with Crippen LogP contribution >= 0.6 is 11.3 Å². The van der Waals surface area contributed by atoms with Gasteiger partial charge in [0.05, 0.1) is 5.56 Å². The number of hydrogen-bond donors (Lipinski definition) is 3. The van der Waals surface area contributed by atoms with Crippen LogP contribution in [0.5, 0.6) is 0 Å². The molecule has 0 saturated carbocycles. The summed E-state index contributed by atoms with van der Waals surface area (Å²) in [6.45, 7) is 5.86. The largest absolute Gasteiger partial charge is 0.382 e. The van der Waals surface area contributed by atoms with Crippen LogP contribution in [-0.4, -0.2) is 46.7 Å². The van der Waals surface area contributed by atoms with Crippen molar-refractivity contribution in [3.8, 4) is 0 Å². The second kappa shape index (κ2) is 11.1. The quantitative estimate of drug-likeness (QED) is 0.368. The van der Waals surface area contributed by atoms with E-state index < -0.39 is 23.0 Å². The first-order valence-corrected chi connectivity index (χ1v) is 12.7. The van der Waals surface area contributed by atoms with Crippen LogP contribution < -0.4 is 16.4 Å². The van der Waals surface area contributed by atoms with Gasteiger partial charge < -0.3 is 16.4 Å². The molecule has 1 fully saturated rings. The number of halogens is 2. The van der Waals surface area contributed by atoms with Crippen molar-refractivity contribution in [3.63, 3.8) is 0 Å². The number of nitrogen functional groups attached to an aromatic ring is 1. The SMILES string of the molecule is C[C@@H]1CCC[C@H](C)N1CCNC(=O)c1ccc(Nc2nc(N)c(C(=O)c3c(F)cccc3F)s2)cc1. The second-order valence-electron chi connectivity index (χ2n) is 8.98. The standard InChI is InChI=1S/C26H29F2N5O2S/c1-15-5-3-6-16(2)33(15)14-13-30-25(35)17-9-11-18(12-10-17)31-26-32-24(29)23(36-26)22(34)21-19(27)7-4-8-20(21)28/h4,7-12,15-16H,3,5-6,13-14,29H2,1-2H3,(H,30,35)(H,31,32)/t15-,16+. The van der Waals surface area contributed by atoms with E-state index in [-0.39, 0.29) is 21.7 Å². The van der Waals surface area contributed by atoms with E-state index in [1.807, 2.05) is 0 Å². The minimum absolute atomic E-state index is 0.0603. The number of rotatable bonds is 8. The Morgan fingerprint density at radius 2 is 1.72 bits per heavy atom. The van der Waals surface area contributed by atoms with Crippen molar-refractivity contribution in [3.05, 3.63) is 70.1 Å². The monoisotopic (exact) mass is 513 g/mol. The molecule has 10 heteroatoms. The average molecular weight is 514 g/mol. The van der Waals surface area contributed by atoms with Crippen molar-refractivity contribution >= 4 is 39.7 Å². The number of likely N-dealkylation sites (tertiary alicyclic amines) is 1. The van der Waals surface area contributed by atoms with E-state index in [9.17, 15) is 18.4 Å². The molecule has 1 aliphatic rings. The molecule has 1 amide bonds. The first kappa shape index (κ1) is 25.7. The Morgan fingerprint density at radius 3 is 2.36 bits per heavy atom. The zero-order valence-corrected chi connectivity index (χ0v) is 21.0. The van der Waals surface area contributed by atoms with Crippen molar-refractivity contribution < 1.29 is 18.4 Å². The van der Waals surface area contributed by atoms with Crippen LogP contribution in [0, 0.1) is 11.6 Å². The van der Waals surface area contributed by atoms with Gasteiger partial charge >= 0.3 is 0 Å². The van der Waals surface area contributed by atoms with Gasteiger partial charge in [0.15, 0.2) is 5.13 Å². The Kier molecular flexibility index (Phi) is 7.95. The summed E-state index contributed by atoms with van der Waals surface area (Å²) in [4.78, 5) is 31.7. The molecule has 0 aliphatic carbocycles. The first-order chi connectivity index (χ1) is 17.2. The molecule has 0 spiro atoms. The number of carbonyl (C=O) groups excluding carboxylic acids is 2. The van der Waals surface area contributed by atoms with Gasteiger partial charge in [0.2, 0.25) is 5.78 Å². The molecule has 1 saturated heterocycles. The molecule has 1 aliphatic heterocycles. The molecule has 2 aromatic carbocycles. The van der Waals surface area contributed by atoms with Crippen molar-refractivity contribution in [1.82, 2.24) is 15.2 Å². The summed E-state index contributed by atoms with van der Waals surface area (Å²) in [6.07, 6.45) is 3.63. The number of aromatic nitrogens is 1. The van der Waals surface area contributed by atoms with E-state index in [0.717, 1.165) is 30.0 Å². The molecule has 3 aromatic rings. The summed E-state index contributed by atoms with van der Waals surface area (Å²) >= 11 is 0.896. The number of benzene rings is 2. The number of hydrogen-bond acceptors (Lipinski definition) is 7. The molecule has 2 heterocycles. The Hall–Kier alpha value is -3.37. The highest BCUT2D eigenvalue weighted by Crippen LogP contribution is 2.31. The fraction of sp³-hybridized carbons (Fsp3) is 0.346. The van der Waals surface area contributed by atoms with Gasteiger partial charge in [-0.1, -0.05) is 23.8 Å². The molecule has 4 rings (SSSR count). The van der Waals surface area contributed by atoms with Crippen molar-refractivity contribution in [2.45, 2.75) is 45.2 Å². The third-order valence-electron chi connectivity index (χ3n) is 6.48. The lowest BCUT2D eigenvalue weighted by Gasteiger charge is -2.39. The van der Waals surface area contributed by atoms with Crippen LogP contribution in [0.1, 0.15) is 58.7 Å². The zero-order valence-electron chi connectivity index (χ0n) is 20.2. The second-order valence-corrected chi connectivity index (χ2v) is 9.98. The van der Waals surface area contributed by atoms with Gasteiger partial charge in [-0.2, -0.15) is 0 Å². The fourth-order valence-electron chi connectivity index (χ4n) is 4.52. The number of nitrogens with zero attached hydrogens (tertiary/aromatic N) is 2. The topological polar surface area (TPSA) is 100 Å². The number of nitrogens with one attached hydrogen (secondary N) is 2. The van der Waals surface area contributed by atoms with Gasteiger partial charge in [0.1, 0.15) is 22.3 Å². The Morgan fingerprint density at radius 1 is 1.08 bits per heavy atom. The zero-order chi connectivity index (χ0) is 25.8. The number of amides is 1. The molecular weight excluding hydrogens is 484 g/mol. The molecule has 2 atom stereocenters. The van der Waals surface area contributed by atoms with Crippen LogP contribution in [0.3, 0.4) is 0 Å². The van der Waals surface area contributed by atoms with Crippen molar-refractivity contribution in [1.29, 1.82) is 0 Å². The smallest absolute Gasteiger partial charge is 0.251 e. The first-order valence-electron chi connectivity index (χ1n) is 11.9. The summed E-state index contributed by atoms with van der Waals surface area (Å²) in [5.41, 5.74) is 6.32. The van der Waals surface area contributed by atoms with E-state index in [4.69, 9.17) is 5.73 Å². The molecule has 0 unspecified atom stereocenters. The summed E-state index contributed by atoms with van der Waals surface area (Å²) in [5.74, 6) is -3.07. The maximum atomic E-state index is 14.0. The van der Waals surface area contributed by atoms with Crippen LogP contribution in [-0.2, 0) is 0 Å². The highest BCUT2D eigenvalue weighted by atomic mass is 32.1. The highest BCUT2D eigenvalue weighted by molar-refractivity contribution is 7.18. The summed E-state index contributed by atoms with van der Waals surface area (Å²) < 4.78 is 28.0. The lowest BCUT2D eigenvalue weighted by molar-refractivity contribution is 0.0889.